The lowest BCUT2D eigenvalue weighted by atomic mass is 9.84. The second kappa shape index (κ2) is 7.47. The van der Waals surface area contributed by atoms with E-state index in [9.17, 15) is 14.4 Å². The molecule has 0 aliphatic heterocycles. The summed E-state index contributed by atoms with van der Waals surface area (Å²) in [7, 11) is 0. The molecule has 0 fully saturated rings. The highest BCUT2D eigenvalue weighted by Crippen LogP contribution is 2.40. The highest BCUT2D eigenvalue weighted by molar-refractivity contribution is 6.02. The third-order valence-corrected chi connectivity index (χ3v) is 4.03. The molecule has 1 aliphatic rings. The molecule has 0 bridgehead atoms. The van der Waals surface area contributed by atoms with Crippen molar-refractivity contribution in [2.75, 3.05) is 19.8 Å². The lowest BCUT2D eigenvalue weighted by Crippen LogP contribution is -2.43. The summed E-state index contributed by atoms with van der Waals surface area (Å²) >= 11 is 0. The molecule has 0 saturated heterocycles. The number of fused-ring (bicyclic) bond motifs is 1. The molecular formula is C18H22O6. The van der Waals surface area contributed by atoms with Gasteiger partial charge in [0.05, 0.1) is 25.4 Å². The lowest BCUT2D eigenvalue weighted by Gasteiger charge is -2.23. The van der Waals surface area contributed by atoms with Crippen molar-refractivity contribution in [3.63, 3.8) is 0 Å². The number of esters is 3. The van der Waals surface area contributed by atoms with Crippen molar-refractivity contribution in [2.45, 2.75) is 33.6 Å². The maximum absolute atomic E-state index is 12.5. The van der Waals surface area contributed by atoms with E-state index in [0.717, 1.165) is 11.1 Å². The van der Waals surface area contributed by atoms with Gasteiger partial charge in [-0.2, -0.15) is 0 Å². The Kier molecular flexibility index (Phi) is 5.59. The predicted octanol–water partition coefficient (Wildman–Crippen LogP) is 2.07. The van der Waals surface area contributed by atoms with Crippen LogP contribution in [0, 0.1) is 5.41 Å². The van der Waals surface area contributed by atoms with Crippen molar-refractivity contribution < 1.29 is 28.6 Å². The zero-order chi connectivity index (χ0) is 17.7. The van der Waals surface area contributed by atoms with Gasteiger partial charge in [0.2, 0.25) is 0 Å². The van der Waals surface area contributed by atoms with Gasteiger partial charge in [-0.15, -0.1) is 0 Å². The van der Waals surface area contributed by atoms with Gasteiger partial charge in [-0.1, -0.05) is 6.07 Å². The van der Waals surface area contributed by atoms with Crippen LogP contribution < -0.4 is 0 Å². The van der Waals surface area contributed by atoms with E-state index in [-0.39, 0.29) is 32.7 Å². The average molecular weight is 334 g/mol. The van der Waals surface area contributed by atoms with Gasteiger partial charge in [-0.3, -0.25) is 9.59 Å². The Labute approximate surface area is 141 Å². The molecule has 1 aromatic rings. The Morgan fingerprint density at radius 1 is 0.875 bits per heavy atom. The first-order chi connectivity index (χ1) is 11.5. The number of carbonyl (C=O) groups excluding carboxylic acids is 3. The van der Waals surface area contributed by atoms with Gasteiger partial charge in [0.15, 0.2) is 5.41 Å². The van der Waals surface area contributed by atoms with Gasteiger partial charge < -0.3 is 14.2 Å². The van der Waals surface area contributed by atoms with Crippen LogP contribution in [0.5, 0.6) is 0 Å². The van der Waals surface area contributed by atoms with Crippen molar-refractivity contribution >= 4 is 17.9 Å². The molecule has 0 atom stereocenters. The summed E-state index contributed by atoms with van der Waals surface area (Å²) in [6, 6.07) is 5.07. The number of hydrogen-bond acceptors (Lipinski definition) is 6. The van der Waals surface area contributed by atoms with Crippen molar-refractivity contribution in [1.82, 2.24) is 0 Å². The first-order valence-corrected chi connectivity index (χ1v) is 8.11. The maximum atomic E-state index is 12.5. The van der Waals surface area contributed by atoms with Crippen LogP contribution >= 0.6 is 0 Å². The van der Waals surface area contributed by atoms with E-state index < -0.39 is 23.3 Å². The van der Waals surface area contributed by atoms with E-state index in [2.05, 4.69) is 0 Å². The first kappa shape index (κ1) is 18.0. The molecule has 6 heteroatoms. The molecule has 0 aromatic heterocycles. The number of rotatable bonds is 6. The van der Waals surface area contributed by atoms with Gasteiger partial charge in [-0.05, 0) is 56.9 Å². The third-order valence-electron chi connectivity index (χ3n) is 4.03. The van der Waals surface area contributed by atoms with Crippen LogP contribution in [0.2, 0.25) is 0 Å². The van der Waals surface area contributed by atoms with Crippen molar-refractivity contribution in [3.05, 3.63) is 34.9 Å². The molecule has 0 spiro atoms. The van der Waals surface area contributed by atoms with E-state index in [0.29, 0.717) is 5.56 Å². The molecule has 1 aromatic carbocycles. The fourth-order valence-electron chi connectivity index (χ4n) is 2.93. The number of hydrogen-bond donors (Lipinski definition) is 0. The Morgan fingerprint density at radius 3 is 1.96 bits per heavy atom. The van der Waals surface area contributed by atoms with E-state index in [4.69, 9.17) is 14.2 Å². The number of ether oxygens (including phenoxy) is 3. The standard InChI is InChI=1S/C18H22O6/c1-4-22-15(19)12-7-8-13-10-18(11-14(13)9-12,16(20)23-5-2)17(21)24-6-3/h7-9H,4-6,10-11H2,1-3H3. The van der Waals surface area contributed by atoms with E-state index in [1.165, 1.54) is 0 Å². The quantitative estimate of drug-likeness (QED) is 0.450. The molecule has 130 valence electrons. The zero-order valence-corrected chi connectivity index (χ0v) is 14.2. The highest BCUT2D eigenvalue weighted by atomic mass is 16.6. The lowest BCUT2D eigenvalue weighted by molar-refractivity contribution is -0.171. The maximum Gasteiger partial charge on any atom is 0.338 e. The Hall–Kier alpha value is -2.37. The summed E-state index contributed by atoms with van der Waals surface area (Å²) in [4.78, 5) is 36.8. The van der Waals surface area contributed by atoms with Crippen LogP contribution in [0.25, 0.3) is 0 Å². The minimum atomic E-state index is -1.37. The van der Waals surface area contributed by atoms with Crippen molar-refractivity contribution in [1.29, 1.82) is 0 Å². The average Bonchev–Trinajstić information content (AvgIpc) is 2.95. The van der Waals surface area contributed by atoms with Crippen LogP contribution in [-0.4, -0.2) is 37.7 Å². The third kappa shape index (κ3) is 3.27. The van der Waals surface area contributed by atoms with Gasteiger partial charge >= 0.3 is 17.9 Å². The fraction of sp³-hybridized carbons (Fsp3) is 0.500. The monoisotopic (exact) mass is 334 g/mol. The van der Waals surface area contributed by atoms with Crippen molar-refractivity contribution in [2.24, 2.45) is 5.41 Å². The van der Waals surface area contributed by atoms with Gasteiger partial charge in [0, 0.05) is 0 Å². The molecule has 0 N–H and O–H groups in total. The van der Waals surface area contributed by atoms with Gasteiger partial charge in [0.1, 0.15) is 0 Å². The topological polar surface area (TPSA) is 78.9 Å². The smallest absolute Gasteiger partial charge is 0.338 e. The second-order valence-corrected chi connectivity index (χ2v) is 5.58. The largest absolute Gasteiger partial charge is 0.465 e. The molecule has 24 heavy (non-hydrogen) atoms. The van der Waals surface area contributed by atoms with Crippen molar-refractivity contribution in [3.8, 4) is 0 Å². The minimum Gasteiger partial charge on any atom is -0.465 e. The normalized spacial score (nSPS) is 14.6. The molecule has 1 aliphatic carbocycles. The summed E-state index contributed by atoms with van der Waals surface area (Å²) in [5.74, 6) is -1.60. The SMILES string of the molecule is CCOC(=O)c1ccc2c(c1)CC(C(=O)OCC)(C(=O)OCC)C2. The van der Waals surface area contributed by atoms with Gasteiger partial charge in [0.25, 0.3) is 0 Å². The Bertz CT molecular complexity index is 631. The second-order valence-electron chi connectivity index (χ2n) is 5.58. The Balaban J connectivity index is 2.34. The van der Waals surface area contributed by atoms with Gasteiger partial charge in [-0.25, -0.2) is 4.79 Å². The summed E-state index contributed by atoms with van der Waals surface area (Å²) in [6.07, 6.45) is 0.371. The molecule has 0 amide bonds. The summed E-state index contributed by atoms with van der Waals surface area (Å²) in [5.41, 5.74) is 0.631. The summed E-state index contributed by atoms with van der Waals surface area (Å²) < 4.78 is 15.2. The minimum absolute atomic E-state index is 0.160. The van der Waals surface area contributed by atoms with E-state index >= 15 is 0 Å². The summed E-state index contributed by atoms with van der Waals surface area (Å²) in [5, 5.41) is 0. The number of carbonyl (C=O) groups is 3. The molecular weight excluding hydrogens is 312 g/mol. The fourth-order valence-corrected chi connectivity index (χ4v) is 2.93. The molecule has 0 saturated carbocycles. The molecule has 2 rings (SSSR count). The molecule has 0 heterocycles. The first-order valence-electron chi connectivity index (χ1n) is 8.11. The molecule has 6 nitrogen and oxygen atoms in total. The summed E-state index contributed by atoms with van der Waals surface area (Å²) in [6.45, 7) is 5.77. The Morgan fingerprint density at radius 2 is 1.42 bits per heavy atom. The van der Waals surface area contributed by atoms with E-state index in [1.807, 2.05) is 0 Å². The zero-order valence-electron chi connectivity index (χ0n) is 14.2. The van der Waals surface area contributed by atoms with Crippen LogP contribution in [0.15, 0.2) is 18.2 Å². The van der Waals surface area contributed by atoms with Crippen LogP contribution in [0.4, 0.5) is 0 Å². The van der Waals surface area contributed by atoms with Crippen LogP contribution in [-0.2, 0) is 36.6 Å². The van der Waals surface area contributed by atoms with Crippen LogP contribution in [0.1, 0.15) is 42.3 Å². The highest BCUT2D eigenvalue weighted by Gasteiger charge is 2.53. The number of benzene rings is 1. The predicted molar refractivity (Wildman–Crippen MR) is 85.5 cm³/mol. The molecule has 0 unspecified atom stereocenters. The molecule has 0 radical (unpaired) electrons. The van der Waals surface area contributed by atoms with E-state index in [1.54, 1.807) is 39.0 Å². The van der Waals surface area contributed by atoms with Crippen LogP contribution in [0.3, 0.4) is 0 Å².